The molecule has 0 spiro atoms. The van der Waals surface area contributed by atoms with Gasteiger partial charge in [-0.3, -0.25) is 24.5 Å². The van der Waals surface area contributed by atoms with Crippen molar-refractivity contribution >= 4 is 57.2 Å². The lowest BCUT2D eigenvalue weighted by Gasteiger charge is -2.40. The average Bonchev–Trinajstić information content (AvgIpc) is 1.63. The number of fused-ring (bicyclic) bond motifs is 25. The number of nitrogens with one attached hydrogen (secondary N) is 3. The molecule has 20 heterocycles. The van der Waals surface area contributed by atoms with Crippen molar-refractivity contribution in [1.29, 1.82) is 0 Å². The number of rotatable bonds is 0. The van der Waals surface area contributed by atoms with E-state index in [0.29, 0.717) is 177 Å². The van der Waals surface area contributed by atoms with Crippen LogP contribution in [0.1, 0.15) is 12.8 Å². The van der Waals surface area contributed by atoms with E-state index in [2.05, 4.69) is 115 Å². The van der Waals surface area contributed by atoms with E-state index >= 15 is 0 Å². The number of piperazine rings is 2. The van der Waals surface area contributed by atoms with Crippen molar-refractivity contribution in [3.63, 3.8) is 0 Å². The zero-order valence-electron chi connectivity index (χ0n) is 77.4. The zero-order chi connectivity index (χ0) is 93.9. The van der Waals surface area contributed by atoms with Crippen LogP contribution in [0.25, 0.3) is 83.9 Å². The Bertz CT molecular complexity index is 6840. The minimum absolute atomic E-state index is 0.166. The number of ether oxygens (including phenoxy) is 7. The van der Waals surface area contributed by atoms with Gasteiger partial charge in [0.05, 0.1) is 81.6 Å². The first-order valence-electron chi connectivity index (χ1n) is 47.2. The second kappa shape index (κ2) is 40.7. The minimum Gasteiger partial charge on any atom is -0.492 e. The quantitative estimate of drug-likeness (QED) is 0.119. The summed E-state index contributed by atoms with van der Waals surface area (Å²) in [6.45, 7) is 22.8. The van der Waals surface area contributed by atoms with Gasteiger partial charge in [0.25, 0.3) is 0 Å². The third-order valence-electron chi connectivity index (χ3n) is 27.4. The topological polar surface area (TPSA) is 281 Å². The van der Waals surface area contributed by atoms with Gasteiger partial charge in [-0.15, -0.1) is 0 Å². The lowest BCUT2D eigenvalue weighted by atomic mass is 10.1. The largest absolute Gasteiger partial charge is 0.492 e. The van der Waals surface area contributed by atoms with Crippen molar-refractivity contribution < 1.29 is 55.1 Å². The maximum Gasteiger partial charge on any atom is 0.216 e. The summed E-state index contributed by atoms with van der Waals surface area (Å²) >= 11 is 0. The molecule has 0 amide bonds. The molecule has 10 aromatic heterocycles. The second-order valence-corrected chi connectivity index (χ2v) is 36.3. The van der Waals surface area contributed by atoms with Gasteiger partial charge in [-0.1, -0.05) is 0 Å². The van der Waals surface area contributed by atoms with Crippen molar-refractivity contribution in [3.8, 4) is 84.5 Å². The summed E-state index contributed by atoms with van der Waals surface area (Å²) in [5, 5.41) is 31.8. The Morgan fingerprint density at radius 3 is 1.12 bits per heavy atom. The van der Waals surface area contributed by atoms with Gasteiger partial charge >= 0.3 is 0 Å². The van der Waals surface area contributed by atoms with Crippen LogP contribution in [0.2, 0.25) is 0 Å². The summed E-state index contributed by atoms with van der Waals surface area (Å²) in [6, 6.07) is 35.4. The van der Waals surface area contributed by atoms with E-state index in [1.807, 2.05) is 69.2 Å². The maximum absolute atomic E-state index is 14.7. The predicted molar refractivity (Wildman–Crippen MR) is 514 cm³/mol. The number of halogens is 5. The molecule has 10 aliphatic rings. The molecule has 34 nitrogen and oxygen atoms in total. The number of benzene rings is 5. The van der Waals surface area contributed by atoms with Crippen molar-refractivity contribution in [3.05, 3.63) is 212 Å². The Hall–Kier alpha value is -13.5. The van der Waals surface area contributed by atoms with Gasteiger partial charge in [-0.05, 0) is 149 Å². The number of morpholine rings is 2. The van der Waals surface area contributed by atoms with Crippen molar-refractivity contribution in [1.82, 2.24) is 107 Å². The van der Waals surface area contributed by atoms with Crippen LogP contribution in [0, 0.1) is 29.1 Å². The molecule has 5 saturated heterocycles. The number of hydrogen-bond donors (Lipinski definition) is 3. The van der Waals surface area contributed by atoms with E-state index in [9.17, 15) is 22.0 Å². The van der Waals surface area contributed by atoms with Gasteiger partial charge in [0.15, 0.2) is 28.2 Å². The van der Waals surface area contributed by atoms with E-state index < -0.39 is 0 Å². The molecule has 20 bridgehead atoms. The third-order valence-corrected chi connectivity index (χ3v) is 27.4. The van der Waals surface area contributed by atoms with E-state index in [4.69, 9.17) is 43.1 Å². The van der Waals surface area contributed by atoms with E-state index in [1.54, 1.807) is 120 Å². The summed E-state index contributed by atoms with van der Waals surface area (Å²) in [5.41, 5.74) is 9.55. The lowest BCUT2D eigenvalue weighted by Crippen LogP contribution is -2.55. The molecule has 5 aromatic carbocycles. The van der Waals surface area contributed by atoms with Crippen molar-refractivity contribution in [2.24, 2.45) is 0 Å². The Morgan fingerprint density at radius 1 is 0.304 bits per heavy atom. The molecule has 0 aliphatic carbocycles. The number of anilines is 5. The van der Waals surface area contributed by atoms with Gasteiger partial charge in [-0.25, -0.2) is 64.5 Å². The van der Waals surface area contributed by atoms with E-state index in [-0.39, 0.29) is 41.2 Å². The molecule has 0 unspecified atom stereocenters. The van der Waals surface area contributed by atoms with Crippen molar-refractivity contribution in [2.75, 3.05) is 238 Å². The number of hydrogen-bond acceptors (Lipinski definition) is 29. The number of likely N-dealkylation sites (N-methyl/N-ethyl adjacent to an activating group) is 4. The fourth-order valence-electron chi connectivity index (χ4n) is 19.4. The Balaban J connectivity index is 0.000000103. The molecule has 5 atom stereocenters. The van der Waals surface area contributed by atoms with Gasteiger partial charge in [0.1, 0.15) is 108 Å². The van der Waals surface area contributed by atoms with Crippen molar-refractivity contribution in [2.45, 2.75) is 43.1 Å². The van der Waals surface area contributed by atoms with Gasteiger partial charge in [-0.2, -0.15) is 30.5 Å². The standard InChI is InChI=1S/C21H25FN6O.C20H23FN6O.C20H22FN5O2.C19H20FN5O2.C19H20FN5O/c1-25-7-9-27-10-8-26(2)20-5-6-28-21(24-20)18(12-23-28)17-11-16(3-4-19(17)22)29-14-15(27)13-25;1-25-8-9-26-7-5-22-19-4-6-27-20(24-19)17(11-23-27)16-10-15(2-3-18(16)21)28-13-14(26)12-25;1-24-6-7-25-8-9-27-12-14(25)13-28-15-2-3-18(21)16(10-15)17-11-22-26-5-4-19(24)23-20(17)26;20-17-2-1-14-9-15(17)16-10-22-25-5-3-18(23-19(16)25)21-4-6-24-7-8-26-11-13(24)12-27-14;20-17-4-3-13-10-15(17)16-12-22-25-7-5-18(23-19(16)25)26-9-8-24-6-1-2-14(24)11-21-13/h3-6,11-12,15H,7-10,13-14H2,1-2H3;2-4,6,10-11,14H,5,7-9,12-13H2,1H3,(H,22,24);2-5,10-11,14H,6-9,12-13H2,1H3;1-3,5,9-10,13H,4,6-8,11-12H2,(H,21,23);3-5,7,10,12,14,21H,1-2,6,8-9,11H2/t15-;2*14-;13-;14-/m00000/s1. The molecule has 138 heavy (non-hydrogen) atoms. The Kier molecular flexibility index (Phi) is 26.8. The maximum atomic E-state index is 14.7. The minimum atomic E-state index is -0.327. The average molecular weight is 1890 g/mol. The fraction of sp³-hybridized carbons (Fsp3) is 0.394. The van der Waals surface area contributed by atoms with Crippen LogP contribution in [0.4, 0.5) is 50.9 Å². The molecular formula is C99H110F5N27O7. The van der Waals surface area contributed by atoms with Crippen LogP contribution >= 0.6 is 0 Å². The third kappa shape index (κ3) is 20.0. The van der Waals surface area contributed by atoms with Gasteiger partial charge < -0.3 is 68.7 Å². The summed E-state index contributed by atoms with van der Waals surface area (Å²) in [5.74, 6) is 4.79. The highest BCUT2D eigenvalue weighted by Gasteiger charge is 2.33. The van der Waals surface area contributed by atoms with Crippen LogP contribution in [-0.2, 0) is 9.47 Å². The first kappa shape index (κ1) is 90.9. The van der Waals surface area contributed by atoms with Crippen LogP contribution in [0.5, 0.6) is 28.9 Å². The van der Waals surface area contributed by atoms with Crippen LogP contribution in [-0.4, -0.2) is 350 Å². The normalized spacial score (nSPS) is 20.7. The monoisotopic (exact) mass is 1880 g/mol. The predicted octanol–water partition coefficient (Wildman–Crippen LogP) is 10.8. The van der Waals surface area contributed by atoms with E-state index in [1.165, 1.54) is 43.2 Å². The summed E-state index contributed by atoms with van der Waals surface area (Å²) in [7, 11) is 8.35. The molecule has 39 heteroatoms. The zero-order valence-corrected chi connectivity index (χ0v) is 77.4. The molecule has 3 N–H and O–H groups in total. The molecule has 0 radical (unpaired) electrons. The van der Waals surface area contributed by atoms with E-state index in [0.717, 1.165) is 167 Å². The molecular weight excluding hydrogens is 1770 g/mol. The SMILES string of the molecule is CN1CCN2CCN(C)c3ccn4ncc(c4n3)-c3cc(ccc3F)OC[C@@H]2C1.CN1CCN2CCNc3ccn4ncc(c4n3)-c3cc(ccc3F)OC[C@@H]2C1.CN1CCN2CCOC[C@H]2COc2ccc(F)c(c2)-c2cnn3ccc1nc23.Fc1ccc2cc1-c1cnn3ccc(nc13)NCCN1CCOC[C@H]1CO2.Fc1ccc2cc1-c1cnn3ccc(nc13)OCCN1CCC[C@H]1CN2. The summed E-state index contributed by atoms with van der Waals surface area (Å²) < 4.78 is 123. The highest BCUT2D eigenvalue weighted by Crippen LogP contribution is 2.38. The number of nitrogens with zero attached hydrogens (tertiary/aromatic N) is 24. The fourth-order valence-corrected chi connectivity index (χ4v) is 19.4. The molecule has 718 valence electrons. The molecule has 15 aromatic rings. The molecule has 0 saturated carbocycles. The first-order chi connectivity index (χ1) is 67.5. The first-order valence-corrected chi connectivity index (χ1v) is 47.2. The van der Waals surface area contributed by atoms with Gasteiger partial charge in [0, 0.05) is 236 Å². The van der Waals surface area contributed by atoms with Gasteiger partial charge in [0.2, 0.25) is 5.88 Å². The van der Waals surface area contributed by atoms with Crippen LogP contribution < -0.4 is 49.4 Å². The van der Waals surface area contributed by atoms with Crippen LogP contribution in [0.15, 0.2) is 183 Å². The summed E-state index contributed by atoms with van der Waals surface area (Å²) in [6.07, 6.45) is 19.8. The highest BCUT2D eigenvalue weighted by atomic mass is 19.1. The molecule has 5 fully saturated rings. The smallest absolute Gasteiger partial charge is 0.216 e. The Morgan fingerprint density at radius 2 is 0.667 bits per heavy atom. The molecule has 25 rings (SSSR count). The number of aromatic nitrogens is 15. The second-order valence-electron chi connectivity index (χ2n) is 36.3. The van der Waals surface area contributed by atoms with Crippen LogP contribution in [0.3, 0.4) is 0 Å². The Labute approximate surface area is 793 Å². The molecule has 10 aliphatic heterocycles. The summed E-state index contributed by atoms with van der Waals surface area (Å²) in [4.78, 5) is 44.5. The lowest BCUT2D eigenvalue weighted by molar-refractivity contribution is -0.0220. The highest BCUT2D eigenvalue weighted by molar-refractivity contribution is 5.83.